The van der Waals surface area contributed by atoms with Crippen LogP contribution in [0.1, 0.15) is 32.3 Å². The molecule has 8 heteroatoms. The monoisotopic (exact) mass is 478 g/mol. The maximum atomic E-state index is 12.6. The summed E-state index contributed by atoms with van der Waals surface area (Å²) in [5, 5.41) is 10.1. The van der Waals surface area contributed by atoms with Gasteiger partial charge in [0.25, 0.3) is 11.8 Å². The Bertz CT molecular complexity index is 1230. The number of hydrogen-bond donors (Lipinski definition) is 2. The van der Waals surface area contributed by atoms with Gasteiger partial charge in [-0.1, -0.05) is 0 Å². The van der Waals surface area contributed by atoms with Crippen LogP contribution in [0.5, 0.6) is 0 Å². The highest BCUT2D eigenvalue weighted by molar-refractivity contribution is 9.10. The van der Waals surface area contributed by atoms with Crippen LogP contribution in [0.15, 0.2) is 75.8 Å². The van der Waals surface area contributed by atoms with Crippen molar-refractivity contribution in [3.63, 3.8) is 0 Å². The second-order valence-electron chi connectivity index (χ2n) is 6.91. The molecule has 0 aliphatic carbocycles. The summed E-state index contributed by atoms with van der Waals surface area (Å²) in [6.07, 6.45) is 1.44. The summed E-state index contributed by atoms with van der Waals surface area (Å²) in [6, 6.07) is 17.3. The fourth-order valence-electron chi connectivity index (χ4n) is 3.07. The zero-order chi connectivity index (χ0) is 22.0. The molecule has 156 valence electrons. The molecule has 4 rings (SSSR count). The number of hydrogen-bond acceptors (Lipinski definition) is 4. The van der Waals surface area contributed by atoms with E-state index < -0.39 is 0 Å². The molecule has 0 radical (unpaired) electrons. The van der Waals surface area contributed by atoms with Crippen LogP contribution in [0.3, 0.4) is 0 Å². The van der Waals surface area contributed by atoms with Gasteiger partial charge in [0, 0.05) is 16.9 Å². The average molecular weight is 479 g/mol. The van der Waals surface area contributed by atoms with Crippen LogP contribution < -0.4 is 10.6 Å². The lowest BCUT2D eigenvalue weighted by atomic mass is 10.2. The van der Waals surface area contributed by atoms with E-state index in [2.05, 4.69) is 31.7 Å². The van der Waals surface area contributed by atoms with Crippen molar-refractivity contribution >= 4 is 39.1 Å². The number of halogens is 1. The third-order valence-corrected chi connectivity index (χ3v) is 5.87. The highest BCUT2D eigenvalue weighted by Crippen LogP contribution is 2.23. The van der Waals surface area contributed by atoms with E-state index in [-0.39, 0.29) is 17.6 Å². The van der Waals surface area contributed by atoms with Crippen LogP contribution in [-0.2, 0) is 0 Å². The Labute approximate surface area is 187 Å². The number of rotatable bonds is 5. The molecule has 0 saturated carbocycles. The van der Waals surface area contributed by atoms with Gasteiger partial charge in [-0.05, 0) is 90.4 Å². The molecule has 0 aliphatic heterocycles. The number of benzene rings is 2. The van der Waals surface area contributed by atoms with Gasteiger partial charge >= 0.3 is 0 Å². The maximum absolute atomic E-state index is 12.6. The second kappa shape index (κ2) is 8.61. The molecule has 0 saturated heterocycles. The molecule has 31 heavy (non-hydrogen) atoms. The number of carbonyl (C=O) groups excluding carboxylic acids is 2. The Hall–Kier alpha value is -3.65. The lowest BCUT2D eigenvalue weighted by molar-refractivity contribution is 0.0994. The normalized spacial score (nSPS) is 10.7. The zero-order valence-corrected chi connectivity index (χ0v) is 18.4. The van der Waals surface area contributed by atoms with Crippen LogP contribution in [0, 0.1) is 13.8 Å². The molecular weight excluding hydrogens is 460 g/mol. The highest BCUT2D eigenvalue weighted by atomic mass is 79.9. The van der Waals surface area contributed by atoms with Gasteiger partial charge in [-0.15, -0.1) is 0 Å². The lowest BCUT2D eigenvalue weighted by Gasteiger charge is -2.09. The first-order chi connectivity index (χ1) is 14.9. The van der Waals surface area contributed by atoms with Crippen LogP contribution in [0.25, 0.3) is 5.69 Å². The summed E-state index contributed by atoms with van der Waals surface area (Å²) in [5.74, 6) is -0.335. The van der Waals surface area contributed by atoms with Crippen LogP contribution in [0.2, 0.25) is 0 Å². The van der Waals surface area contributed by atoms with Crippen molar-refractivity contribution in [2.45, 2.75) is 13.8 Å². The smallest absolute Gasteiger partial charge is 0.291 e. The number of amides is 2. The molecule has 0 atom stereocenters. The van der Waals surface area contributed by atoms with E-state index in [0.29, 0.717) is 16.9 Å². The zero-order valence-electron chi connectivity index (χ0n) is 16.8. The first kappa shape index (κ1) is 20.6. The van der Waals surface area contributed by atoms with Crippen molar-refractivity contribution < 1.29 is 14.0 Å². The predicted octanol–water partition coefficient (Wildman–Crippen LogP) is 5.35. The molecule has 0 fully saturated rings. The fraction of sp³-hybridized carbons (Fsp3) is 0.0870. The number of nitrogens with zero attached hydrogens (tertiary/aromatic N) is 2. The molecule has 0 aliphatic rings. The Morgan fingerprint density at radius 1 is 0.903 bits per heavy atom. The number of furan rings is 1. The first-order valence-electron chi connectivity index (χ1n) is 9.51. The van der Waals surface area contributed by atoms with Crippen molar-refractivity contribution in [1.82, 2.24) is 9.78 Å². The molecule has 0 unspecified atom stereocenters. The summed E-state index contributed by atoms with van der Waals surface area (Å²) in [7, 11) is 0. The van der Waals surface area contributed by atoms with E-state index in [4.69, 9.17) is 4.42 Å². The minimum atomic E-state index is -0.337. The lowest BCUT2D eigenvalue weighted by Crippen LogP contribution is -2.13. The predicted molar refractivity (Wildman–Crippen MR) is 122 cm³/mol. The molecule has 7 nitrogen and oxygen atoms in total. The van der Waals surface area contributed by atoms with Gasteiger partial charge in [-0.25, -0.2) is 4.68 Å². The molecule has 4 aromatic rings. The Morgan fingerprint density at radius 2 is 1.52 bits per heavy atom. The quantitative estimate of drug-likeness (QED) is 0.404. The summed E-state index contributed by atoms with van der Waals surface area (Å²) in [5.41, 5.74) is 4.52. The number of anilines is 2. The van der Waals surface area contributed by atoms with E-state index >= 15 is 0 Å². The van der Waals surface area contributed by atoms with Crippen molar-refractivity contribution in [2.75, 3.05) is 10.6 Å². The number of carbonyl (C=O) groups is 2. The van der Waals surface area contributed by atoms with Gasteiger partial charge in [-0.3, -0.25) is 9.59 Å². The number of aryl methyl sites for hydroxylation is 1. The summed E-state index contributed by atoms with van der Waals surface area (Å²) < 4.78 is 7.87. The minimum absolute atomic E-state index is 0.228. The molecule has 2 N–H and O–H groups in total. The third-order valence-electron chi connectivity index (χ3n) is 4.72. The van der Waals surface area contributed by atoms with Gasteiger partial charge in [0.2, 0.25) is 0 Å². The number of aromatic nitrogens is 2. The van der Waals surface area contributed by atoms with E-state index in [9.17, 15) is 9.59 Å². The van der Waals surface area contributed by atoms with Gasteiger partial charge in [0.1, 0.15) is 0 Å². The van der Waals surface area contributed by atoms with Gasteiger partial charge in [0.05, 0.1) is 27.8 Å². The van der Waals surface area contributed by atoms with Gasteiger partial charge in [0.15, 0.2) is 5.76 Å². The third kappa shape index (κ3) is 4.44. The second-order valence-corrected chi connectivity index (χ2v) is 7.70. The standard InChI is InChI=1S/C23H19BrN4O3/c1-14-21(24)15(2)28(27-14)19-11-5-16(6-12-19)22(29)25-17-7-9-18(10-8-17)26-23(30)20-4-3-13-31-20/h3-13H,1-2H3,(H,25,29)(H,26,30). The molecule has 2 heterocycles. The van der Waals surface area contributed by atoms with E-state index in [1.807, 2.05) is 30.7 Å². The van der Waals surface area contributed by atoms with Crippen molar-refractivity contribution in [2.24, 2.45) is 0 Å². The number of nitrogens with one attached hydrogen (secondary N) is 2. The molecule has 0 bridgehead atoms. The maximum Gasteiger partial charge on any atom is 0.291 e. The van der Waals surface area contributed by atoms with Crippen LogP contribution in [0.4, 0.5) is 11.4 Å². The van der Waals surface area contributed by atoms with Gasteiger partial charge < -0.3 is 15.1 Å². The van der Waals surface area contributed by atoms with E-state index in [1.165, 1.54) is 6.26 Å². The summed E-state index contributed by atoms with van der Waals surface area (Å²) >= 11 is 3.52. The Balaban J connectivity index is 1.41. The first-order valence-corrected chi connectivity index (χ1v) is 10.3. The van der Waals surface area contributed by atoms with Crippen molar-refractivity contribution in [1.29, 1.82) is 0 Å². The fourth-order valence-corrected chi connectivity index (χ4v) is 3.32. The van der Waals surface area contributed by atoms with Crippen molar-refractivity contribution in [3.8, 4) is 5.69 Å². The molecule has 2 amide bonds. The van der Waals surface area contributed by atoms with Crippen molar-refractivity contribution in [3.05, 3.63) is 94.1 Å². The average Bonchev–Trinajstić information content (AvgIpc) is 3.40. The summed E-state index contributed by atoms with van der Waals surface area (Å²) in [6.45, 7) is 3.91. The van der Waals surface area contributed by atoms with Crippen LogP contribution >= 0.6 is 15.9 Å². The molecule has 0 spiro atoms. The van der Waals surface area contributed by atoms with Crippen LogP contribution in [-0.4, -0.2) is 21.6 Å². The highest BCUT2D eigenvalue weighted by Gasteiger charge is 2.12. The van der Waals surface area contributed by atoms with Gasteiger partial charge in [-0.2, -0.15) is 5.10 Å². The Morgan fingerprint density at radius 3 is 2.03 bits per heavy atom. The SMILES string of the molecule is Cc1nn(-c2ccc(C(=O)Nc3ccc(NC(=O)c4ccco4)cc3)cc2)c(C)c1Br. The largest absolute Gasteiger partial charge is 0.459 e. The molecule has 2 aromatic carbocycles. The molecular formula is C23H19BrN4O3. The van der Waals surface area contributed by atoms with E-state index in [0.717, 1.165) is 21.5 Å². The molecule has 2 aromatic heterocycles. The van der Waals surface area contributed by atoms with E-state index in [1.54, 1.807) is 48.5 Å². The Kier molecular flexibility index (Phi) is 5.73. The minimum Gasteiger partial charge on any atom is -0.459 e. The summed E-state index contributed by atoms with van der Waals surface area (Å²) in [4.78, 5) is 24.6. The topological polar surface area (TPSA) is 89.2 Å².